The lowest BCUT2D eigenvalue weighted by Crippen LogP contribution is -2.50. The van der Waals surface area contributed by atoms with Crippen LogP contribution in [0.1, 0.15) is 135 Å². The quantitative estimate of drug-likeness (QED) is 0.153. The zero-order valence-electron chi connectivity index (χ0n) is 22.1. The summed E-state index contributed by atoms with van der Waals surface area (Å²) in [5.74, 6) is 3.33. The molecule has 0 spiro atoms. The summed E-state index contributed by atoms with van der Waals surface area (Å²) in [7, 11) is 4.77. The Morgan fingerprint density at radius 1 is 0.656 bits per heavy atom. The number of hydrogen-bond donors (Lipinski definition) is 0. The van der Waals surface area contributed by atoms with Crippen LogP contribution in [0.4, 0.5) is 0 Å². The van der Waals surface area contributed by atoms with Gasteiger partial charge in [0.15, 0.2) is 0 Å². The normalized spacial score (nSPS) is 29.0. The van der Waals surface area contributed by atoms with E-state index in [-0.39, 0.29) is 5.41 Å². The predicted molar refractivity (Wildman–Crippen MR) is 138 cm³/mol. The Morgan fingerprint density at radius 3 is 1.53 bits per heavy atom. The van der Waals surface area contributed by atoms with E-state index >= 15 is 0 Å². The molecule has 4 fully saturated rings. The van der Waals surface area contributed by atoms with Gasteiger partial charge in [-0.3, -0.25) is 4.79 Å². The molecule has 0 saturated heterocycles. The fraction of sp³-hybridized carbons (Fsp3) is 0.967. The molecule has 4 aliphatic carbocycles. The average Bonchev–Trinajstić information content (AvgIpc) is 2.73. The standard InChI is InChI=1S/C30H56NO/c1-4-5-6-7-8-9-10-11-12-13-14-15-18-31(2,3)19-16-17-29(32)30-23-26-20-27(24-30)22-28(21-26)25-30/h26-28H,4-25H2,1-3H3/q+1. The van der Waals surface area contributed by atoms with E-state index in [2.05, 4.69) is 21.0 Å². The first-order valence-corrected chi connectivity index (χ1v) is 14.8. The summed E-state index contributed by atoms with van der Waals surface area (Å²) < 4.78 is 1.10. The van der Waals surface area contributed by atoms with E-state index in [4.69, 9.17) is 0 Å². The first-order chi connectivity index (χ1) is 15.4. The van der Waals surface area contributed by atoms with Gasteiger partial charge in [0.1, 0.15) is 5.78 Å². The molecule has 0 aromatic rings. The zero-order chi connectivity index (χ0) is 22.9. The first-order valence-electron chi connectivity index (χ1n) is 14.8. The molecular formula is C30H56NO+. The van der Waals surface area contributed by atoms with Crippen molar-refractivity contribution < 1.29 is 9.28 Å². The summed E-state index contributed by atoms with van der Waals surface area (Å²) in [6.45, 7) is 4.75. The highest BCUT2D eigenvalue weighted by molar-refractivity contribution is 5.85. The van der Waals surface area contributed by atoms with Gasteiger partial charge in [-0.25, -0.2) is 0 Å². The lowest BCUT2D eigenvalue weighted by Gasteiger charge is -2.56. The molecule has 0 atom stereocenters. The van der Waals surface area contributed by atoms with Crippen LogP contribution in [-0.4, -0.2) is 37.5 Å². The van der Waals surface area contributed by atoms with Crippen LogP contribution < -0.4 is 0 Å². The van der Waals surface area contributed by atoms with E-state index < -0.39 is 0 Å². The Hall–Kier alpha value is -0.370. The fourth-order valence-corrected chi connectivity index (χ4v) is 7.88. The van der Waals surface area contributed by atoms with Crippen LogP contribution in [0.2, 0.25) is 0 Å². The molecule has 0 heterocycles. The molecule has 186 valence electrons. The number of rotatable bonds is 18. The predicted octanol–water partition coefficient (Wildman–Crippen LogP) is 8.33. The van der Waals surface area contributed by atoms with E-state index in [9.17, 15) is 4.79 Å². The number of ketones is 1. The summed E-state index contributed by atoms with van der Waals surface area (Å²) in [6.07, 6.45) is 27.1. The molecule has 32 heavy (non-hydrogen) atoms. The Balaban J connectivity index is 1.19. The Kier molecular flexibility index (Phi) is 10.6. The van der Waals surface area contributed by atoms with Crippen LogP contribution in [0, 0.1) is 23.2 Å². The molecule has 2 heteroatoms. The third-order valence-electron chi connectivity index (χ3n) is 9.41. The second kappa shape index (κ2) is 12.9. The molecule has 0 unspecified atom stereocenters. The van der Waals surface area contributed by atoms with Gasteiger partial charge in [0.2, 0.25) is 0 Å². The SMILES string of the molecule is CCCCCCCCCCCCCC[N+](C)(C)CCCC(=O)C12CC3CC(CC(C3)C1)C2. The van der Waals surface area contributed by atoms with Crippen molar-refractivity contribution in [2.24, 2.45) is 23.2 Å². The number of unbranched alkanes of at least 4 members (excludes halogenated alkanes) is 11. The van der Waals surface area contributed by atoms with Gasteiger partial charge in [0, 0.05) is 18.3 Å². The lowest BCUT2D eigenvalue weighted by molar-refractivity contribution is -0.890. The summed E-state index contributed by atoms with van der Waals surface area (Å²) in [5.41, 5.74) is 0.126. The molecule has 0 aliphatic heterocycles. The van der Waals surface area contributed by atoms with E-state index in [1.165, 1.54) is 129 Å². The van der Waals surface area contributed by atoms with Crippen LogP contribution in [0.5, 0.6) is 0 Å². The number of quaternary nitrogens is 1. The van der Waals surface area contributed by atoms with E-state index in [0.29, 0.717) is 5.78 Å². The molecule has 4 aliphatic rings. The van der Waals surface area contributed by atoms with Crippen molar-refractivity contribution in [3.05, 3.63) is 0 Å². The number of carbonyl (C=O) groups excluding carboxylic acids is 1. The van der Waals surface area contributed by atoms with Crippen LogP contribution in [-0.2, 0) is 4.79 Å². The Bertz CT molecular complexity index is 516. The minimum atomic E-state index is 0.126. The van der Waals surface area contributed by atoms with Gasteiger partial charge < -0.3 is 4.48 Å². The fourth-order valence-electron chi connectivity index (χ4n) is 7.88. The van der Waals surface area contributed by atoms with Gasteiger partial charge in [-0.05, 0) is 69.1 Å². The van der Waals surface area contributed by atoms with Crippen molar-refractivity contribution in [1.29, 1.82) is 0 Å². The molecule has 4 rings (SSSR count). The second-order valence-electron chi connectivity index (χ2n) is 13.0. The third-order valence-corrected chi connectivity index (χ3v) is 9.41. The molecule has 2 nitrogen and oxygen atoms in total. The molecule has 0 radical (unpaired) electrons. The third kappa shape index (κ3) is 8.14. The molecule has 0 aromatic heterocycles. The monoisotopic (exact) mass is 446 g/mol. The van der Waals surface area contributed by atoms with Crippen molar-refractivity contribution >= 4 is 5.78 Å². The molecule has 4 bridgehead atoms. The minimum absolute atomic E-state index is 0.126. The lowest BCUT2D eigenvalue weighted by atomic mass is 9.48. The van der Waals surface area contributed by atoms with Crippen LogP contribution in [0.15, 0.2) is 0 Å². The van der Waals surface area contributed by atoms with E-state index in [1.54, 1.807) is 0 Å². The summed E-state index contributed by atoms with van der Waals surface area (Å²) in [4.78, 5) is 13.2. The highest BCUT2D eigenvalue weighted by Gasteiger charge is 2.53. The number of hydrogen-bond acceptors (Lipinski definition) is 1. The summed E-state index contributed by atoms with van der Waals surface area (Å²) >= 11 is 0. The topological polar surface area (TPSA) is 17.1 Å². The molecular weight excluding hydrogens is 390 g/mol. The van der Waals surface area contributed by atoms with Gasteiger partial charge in [0.05, 0.1) is 27.2 Å². The Morgan fingerprint density at radius 2 is 1.06 bits per heavy atom. The maximum atomic E-state index is 13.2. The maximum Gasteiger partial charge on any atom is 0.139 e. The second-order valence-corrected chi connectivity index (χ2v) is 13.0. The minimum Gasteiger partial charge on any atom is -0.328 e. The van der Waals surface area contributed by atoms with Gasteiger partial charge in [0.25, 0.3) is 0 Å². The van der Waals surface area contributed by atoms with Crippen LogP contribution in [0.25, 0.3) is 0 Å². The van der Waals surface area contributed by atoms with Gasteiger partial charge in [-0.2, -0.15) is 0 Å². The maximum absolute atomic E-state index is 13.2. The highest BCUT2D eigenvalue weighted by atomic mass is 16.1. The van der Waals surface area contributed by atoms with Gasteiger partial charge in [-0.15, -0.1) is 0 Å². The van der Waals surface area contributed by atoms with Gasteiger partial charge in [-0.1, -0.05) is 71.1 Å². The highest BCUT2D eigenvalue weighted by Crippen LogP contribution is 2.60. The summed E-state index contributed by atoms with van der Waals surface area (Å²) in [5, 5.41) is 0. The van der Waals surface area contributed by atoms with Crippen molar-refractivity contribution in [1.82, 2.24) is 0 Å². The van der Waals surface area contributed by atoms with E-state index in [1.807, 2.05) is 0 Å². The first kappa shape index (κ1) is 26.2. The van der Waals surface area contributed by atoms with Crippen molar-refractivity contribution in [2.45, 2.75) is 135 Å². The molecule has 4 saturated carbocycles. The van der Waals surface area contributed by atoms with Crippen molar-refractivity contribution in [3.8, 4) is 0 Å². The summed E-state index contributed by atoms with van der Waals surface area (Å²) in [6, 6.07) is 0. The molecule has 0 amide bonds. The van der Waals surface area contributed by atoms with Crippen LogP contribution in [0.3, 0.4) is 0 Å². The van der Waals surface area contributed by atoms with E-state index in [0.717, 1.165) is 35.1 Å². The smallest absolute Gasteiger partial charge is 0.139 e. The van der Waals surface area contributed by atoms with Crippen molar-refractivity contribution in [3.63, 3.8) is 0 Å². The molecule has 0 N–H and O–H groups in total. The van der Waals surface area contributed by atoms with Gasteiger partial charge >= 0.3 is 0 Å². The molecule has 0 aromatic carbocycles. The number of carbonyl (C=O) groups is 1. The Labute approximate surface area is 200 Å². The number of Topliss-reactive ketones (excluding diaryl/α,β-unsaturated/α-hetero) is 1. The van der Waals surface area contributed by atoms with Crippen LogP contribution >= 0.6 is 0 Å². The zero-order valence-corrected chi connectivity index (χ0v) is 22.1. The largest absolute Gasteiger partial charge is 0.328 e. The average molecular weight is 447 g/mol. The van der Waals surface area contributed by atoms with Crippen molar-refractivity contribution in [2.75, 3.05) is 27.2 Å². The number of nitrogens with zero attached hydrogens (tertiary/aromatic N) is 1.